The number of fused-ring (bicyclic) bond motifs is 1. The van der Waals surface area contributed by atoms with Crippen LogP contribution in [0, 0.1) is 22.7 Å². The molecule has 1 saturated carbocycles. The molecule has 5 amide bonds. The molecule has 0 radical (unpaired) electrons. The van der Waals surface area contributed by atoms with Gasteiger partial charge in [-0.1, -0.05) is 11.6 Å². The summed E-state index contributed by atoms with van der Waals surface area (Å²) in [4.78, 5) is 77.2. The first-order valence-corrected chi connectivity index (χ1v) is 21.8. The number of anilines is 3. The molecular weight excluding hydrogens is 780 g/mol. The number of likely N-dealkylation sites (tertiary alicyclic amines) is 1. The van der Waals surface area contributed by atoms with E-state index in [1.54, 1.807) is 12.1 Å². The average molecular weight is 829 g/mol. The van der Waals surface area contributed by atoms with E-state index >= 15 is 0 Å². The summed E-state index contributed by atoms with van der Waals surface area (Å²) in [5, 5.41) is 12.0. The smallest absolute Gasteiger partial charge is 0.262 e. The van der Waals surface area contributed by atoms with E-state index in [9.17, 15) is 29.2 Å². The molecule has 2 spiro atoms. The lowest BCUT2D eigenvalue weighted by Crippen LogP contribution is -2.68. The first-order valence-electron chi connectivity index (χ1n) is 21.5. The number of benzene rings is 3. The van der Waals surface area contributed by atoms with Crippen LogP contribution >= 0.6 is 11.6 Å². The second-order valence-electron chi connectivity index (χ2n) is 18.2. The topological polar surface area (TPSA) is 141 Å². The fraction of sp³-hybridized carbons (Fsp3) is 0.478. The quantitative estimate of drug-likeness (QED) is 0.327. The lowest BCUT2D eigenvalue weighted by Gasteiger charge is -2.63. The van der Waals surface area contributed by atoms with Crippen LogP contribution in [0.4, 0.5) is 17.1 Å². The molecule has 0 aromatic heterocycles. The second-order valence-corrected chi connectivity index (χ2v) is 18.6. The van der Waals surface area contributed by atoms with E-state index in [0.717, 1.165) is 131 Å². The minimum absolute atomic E-state index is 0.0879. The normalized spacial score (nSPS) is 26.3. The van der Waals surface area contributed by atoms with Gasteiger partial charge >= 0.3 is 0 Å². The molecule has 13 nitrogen and oxygen atoms in total. The first kappa shape index (κ1) is 38.7. The molecule has 3 aromatic rings. The van der Waals surface area contributed by atoms with Crippen LogP contribution in [0.2, 0.25) is 5.02 Å². The zero-order valence-corrected chi connectivity index (χ0v) is 34.5. The number of piperazine rings is 1. The third kappa shape index (κ3) is 6.68. The SMILES string of the molecule is N#Cc1ccc(N2CCC3(CCN(C(=O)c4ccc(N5CCN(CC6CC7(CCN7c7ccc8c(c7)C(=O)N(C7CCC(=O)NC7=O)C8=O)C6)CC5)cc4)CC3)C2)cc1Cl. The fourth-order valence-corrected chi connectivity index (χ4v) is 11.4. The number of nitrogens with zero attached hydrogens (tertiary/aromatic N) is 7. The monoisotopic (exact) mass is 828 g/mol. The summed E-state index contributed by atoms with van der Waals surface area (Å²) in [6.07, 6.45) is 6.60. The van der Waals surface area contributed by atoms with Crippen molar-refractivity contribution in [1.29, 1.82) is 5.26 Å². The van der Waals surface area contributed by atoms with Gasteiger partial charge in [0.25, 0.3) is 17.7 Å². The maximum Gasteiger partial charge on any atom is 0.262 e. The minimum atomic E-state index is -0.964. The summed E-state index contributed by atoms with van der Waals surface area (Å²) in [6, 6.07) is 20.5. The van der Waals surface area contributed by atoms with E-state index < -0.39 is 23.8 Å². The molecule has 1 unspecified atom stereocenters. The summed E-state index contributed by atoms with van der Waals surface area (Å²) in [6.45, 7) is 9.25. The number of amides is 5. The Balaban J connectivity index is 0.676. The molecule has 310 valence electrons. The van der Waals surface area contributed by atoms with Crippen LogP contribution in [0.1, 0.15) is 88.0 Å². The fourth-order valence-electron chi connectivity index (χ4n) is 11.2. The average Bonchev–Trinajstić information content (AvgIpc) is 3.75. The van der Waals surface area contributed by atoms with Gasteiger partial charge in [0.2, 0.25) is 11.8 Å². The van der Waals surface area contributed by atoms with Gasteiger partial charge in [-0.3, -0.25) is 39.1 Å². The molecule has 6 heterocycles. The predicted octanol–water partition coefficient (Wildman–Crippen LogP) is 4.93. The molecule has 60 heavy (non-hydrogen) atoms. The molecule has 3 aromatic carbocycles. The van der Waals surface area contributed by atoms with Crippen molar-refractivity contribution < 1.29 is 24.0 Å². The highest BCUT2D eigenvalue weighted by atomic mass is 35.5. The second kappa shape index (κ2) is 14.9. The van der Waals surface area contributed by atoms with Crippen molar-refractivity contribution in [2.75, 3.05) is 80.1 Å². The van der Waals surface area contributed by atoms with Gasteiger partial charge in [0.15, 0.2) is 0 Å². The van der Waals surface area contributed by atoms with Gasteiger partial charge in [-0.15, -0.1) is 0 Å². The standard InChI is InChI=1S/C46H49ClN8O5/c47-38-24-34(6-3-32(38)27-48)53-17-13-45(29-53)11-15-52(16-12-45)42(58)31-1-4-33(5-2-31)51-21-19-50(20-22-51)28-30-25-46(26-30)14-18-54(46)35-7-8-36-37(23-35)44(60)55(43(36)59)39-9-10-40(56)49-41(39)57/h1-8,23-24,30,39H,9-22,25-26,28-29H2,(H,49,56,57). The van der Waals surface area contributed by atoms with E-state index in [1.165, 1.54) is 0 Å². The number of carbonyl (C=O) groups is 5. The molecule has 10 rings (SSSR count). The zero-order chi connectivity index (χ0) is 41.3. The molecule has 1 atom stereocenters. The lowest BCUT2D eigenvalue weighted by molar-refractivity contribution is -0.136. The van der Waals surface area contributed by atoms with Crippen molar-refractivity contribution in [1.82, 2.24) is 20.0 Å². The van der Waals surface area contributed by atoms with Gasteiger partial charge in [0, 0.05) is 100 Å². The third-order valence-corrected chi connectivity index (χ3v) is 15.1. The van der Waals surface area contributed by atoms with Crippen LogP contribution < -0.4 is 20.0 Å². The number of imide groups is 2. The van der Waals surface area contributed by atoms with Gasteiger partial charge in [-0.2, -0.15) is 5.26 Å². The number of nitrogens with one attached hydrogen (secondary N) is 1. The molecule has 6 aliphatic heterocycles. The summed E-state index contributed by atoms with van der Waals surface area (Å²) in [5.41, 5.74) is 5.33. The van der Waals surface area contributed by atoms with Gasteiger partial charge in [-0.25, -0.2) is 0 Å². The highest BCUT2D eigenvalue weighted by Gasteiger charge is 2.54. The summed E-state index contributed by atoms with van der Waals surface area (Å²) in [7, 11) is 0. The van der Waals surface area contributed by atoms with E-state index in [0.29, 0.717) is 27.6 Å². The lowest BCUT2D eigenvalue weighted by atomic mass is 9.61. The van der Waals surface area contributed by atoms with Crippen molar-refractivity contribution in [3.05, 3.63) is 87.9 Å². The van der Waals surface area contributed by atoms with Crippen molar-refractivity contribution in [2.24, 2.45) is 11.3 Å². The van der Waals surface area contributed by atoms with Crippen LogP contribution in [0.15, 0.2) is 60.7 Å². The van der Waals surface area contributed by atoms with Crippen molar-refractivity contribution in [3.8, 4) is 6.07 Å². The summed E-state index contributed by atoms with van der Waals surface area (Å²) >= 11 is 6.33. The Kier molecular flexibility index (Phi) is 9.63. The Morgan fingerprint density at radius 1 is 0.767 bits per heavy atom. The number of nitriles is 1. The van der Waals surface area contributed by atoms with E-state index in [2.05, 4.69) is 43.1 Å². The Hall–Kier alpha value is -5.45. The molecule has 7 aliphatic rings. The van der Waals surface area contributed by atoms with Gasteiger partial charge in [0.05, 0.1) is 21.7 Å². The molecule has 0 bridgehead atoms. The highest BCUT2D eigenvalue weighted by molar-refractivity contribution is 6.32. The van der Waals surface area contributed by atoms with Crippen LogP contribution in [0.5, 0.6) is 0 Å². The number of hydrogen-bond donors (Lipinski definition) is 1. The zero-order valence-electron chi connectivity index (χ0n) is 33.7. The van der Waals surface area contributed by atoms with Crippen LogP contribution in [0.25, 0.3) is 0 Å². The number of piperidine rings is 2. The molecule has 1 N–H and O–H groups in total. The maximum absolute atomic E-state index is 13.6. The van der Waals surface area contributed by atoms with Gasteiger partial charge in [0.1, 0.15) is 12.1 Å². The minimum Gasteiger partial charge on any atom is -0.371 e. The van der Waals surface area contributed by atoms with Crippen molar-refractivity contribution in [2.45, 2.75) is 62.9 Å². The Morgan fingerprint density at radius 3 is 2.15 bits per heavy atom. The van der Waals surface area contributed by atoms with Crippen molar-refractivity contribution >= 4 is 58.2 Å². The predicted molar refractivity (Wildman–Crippen MR) is 226 cm³/mol. The van der Waals surface area contributed by atoms with E-state index in [-0.39, 0.29) is 35.6 Å². The highest BCUT2D eigenvalue weighted by Crippen LogP contribution is 2.53. The van der Waals surface area contributed by atoms with Gasteiger partial charge in [-0.05, 0) is 117 Å². The first-order chi connectivity index (χ1) is 29.0. The molecule has 14 heteroatoms. The van der Waals surface area contributed by atoms with Crippen LogP contribution in [-0.4, -0.2) is 121 Å². The number of halogens is 1. The summed E-state index contributed by atoms with van der Waals surface area (Å²) < 4.78 is 0. The third-order valence-electron chi connectivity index (χ3n) is 14.8. The Labute approximate surface area is 354 Å². The number of hydrogen-bond acceptors (Lipinski definition) is 10. The van der Waals surface area contributed by atoms with Crippen LogP contribution in [0.3, 0.4) is 0 Å². The molecule has 6 fully saturated rings. The Morgan fingerprint density at radius 2 is 1.47 bits per heavy atom. The van der Waals surface area contributed by atoms with E-state index in [1.807, 2.05) is 41.3 Å². The molecular formula is C46H49ClN8O5. The van der Waals surface area contributed by atoms with E-state index in [4.69, 9.17) is 11.6 Å². The van der Waals surface area contributed by atoms with Crippen molar-refractivity contribution in [3.63, 3.8) is 0 Å². The van der Waals surface area contributed by atoms with Gasteiger partial charge < -0.3 is 19.6 Å². The van der Waals surface area contributed by atoms with Crippen LogP contribution in [-0.2, 0) is 9.59 Å². The molecule has 1 aliphatic carbocycles. The largest absolute Gasteiger partial charge is 0.371 e. The Bertz CT molecular complexity index is 2320. The summed E-state index contributed by atoms with van der Waals surface area (Å²) in [5.74, 6) is -1.21. The maximum atomic E-state index is 13.6. The molecule has 5 saturated heterocycles. The number of rotatable bonds is 7. The number of carbonyl (C=O) groups excluding carboxylic acids is 5.